The van der Waals surface area contributed by atoms with Crippen LogP contribution >= 0.6 is 0 Å². The molecule has 0 aromatic heterocycles. The summed E-state index contributed by atoms with van der Waals surface area (Å²) in [6.45, 7) is 2.05. The van der Waals surface area contributed by atoms with Gasteiger partial charge in [0.1, 0.15) is 11.5 Å². The lowest BCUT2D eigenvalue weighted by Crippen LogP contribution is -2.12. The first-order chi connectivity index (χ1) is 12.1. The summed E-state index contributed by atoms with van der Waals surface area (Å²) >= 11 is 0. The predicted octanol–water partition coefficient (Wildman–Crippen LogP) is 4.84. The Morgan fingerprint density at radius 2 is 1.40 bits per heavy atom. The van der Waals surface area contributed by atoms with Crippen LogP contribution < -0.4 is 9.46 Å². The van der Waals surface area contributed by atoms with E-state index in [1.165, 1.54) is 12.1 Å². The third-order valence-corrected chi connectivity index (χ3v) is 5.12. The zero-order valence-electron chi connectivity index (χ0n) is 13.8. The fraction of sp³-hybridized carbons (Fsp3) is 0.100. The second kappa shape index (κ2) is 7.40. The zero-order chi connectivity index (χ0) is 17.7. The fourth-order valence-electron chi connectivity index (χ4n) is 2.33. The van der Waals surface area contributed by atoms with Gasteiger partial charge in [0.15, 0.2) is 0 Å². The van der Waals surface area contributed by atoms with E-state index in [0.717, 1.165) is 12.0 Å². The van der Waals surface area contributed by atoms with Gasteiger partial charge < -0.3 is 4.74 Å². The second-order valence-corrected chi connectivity index (χ2v) is 7.22. The minimum absolute atomic E-state index is 0.187. The molecule has 0 aliphatic rings. The number of sulfonamides is 1. The summed E-state index contributed by atoms with van der Waals surface area (Å²) in [5, 5.41) is 0. The van der Waals surface area contributed by atoms with Crippen LogP contribution in [-0.4, -0.2) is 8.42 Å². The maximum absolute atomic E-state index is 12.5. The molecule has 0 aliphatic carbocycles. The Morgan fingerprint density at radius 3 is 2.00 bits per heavy atom. The molecule has 3 rings (SSSR count). The van der Waals surface area contributed by atoms with Gasteiger partial charge in [-0.1, -0.05) is 37.3 Å². The molecule has 25 heavy (non-hydrogen) atoms. The molecule has 0 unspecified atom stereocenters. The Hall–Kier alpha value is -2.79. The van der Waals surface area contributed by atoms with Gasteiger partial charge in [-0.05, 0) is 60.5 Å². The minimum Gasteiger partial charge on any atom is -0.457 e. The normalized spacial score (nSPS) is 11.1. The molecule has 4 nitrogen and oxygen atoms in total. The topological polar surface area (TPSA) is 55.4 Å². The summed E-state index contributed by atoms with van der Waals surface area (Å²) in [6.07, 6.45) is 0.913. The summed E-state index contributed by atoms with van der Waals surface area (Å²) < 4.78 is 33.2. The van der Waals surface area contributed by atoms with Gasteiger partial charge in [-0.25, -0.2) is 8.42 Å². The Labute approximate surface area is 148 Å². The summed E-state index contributed by atoms with van der Waals surface area (Å²) in [6, 6.07) is 23.0. The Bertz CT molecular complexity index is 919. The average molecular weight is 353 g/mol. The van der Waals surface area contributed by atoms with Crippen molar-refractivity contribution >= 4 is 15.7 Å². The van der Waals surface area contributed by atoms with Crippen molar-refractivity contribution in [2.24, 2.45) is 0 Å². The molecule has 0 radical (unpaired) electrons. The number of para-hydroxylation sites is 1. The molecule has 5 heteroatoms. The summed E-state index contributed by atoms with van der Waals surface area (Å²) in [4.78, 5) is 0.187. The summed E-state index contributed by atoms with van der Waals surface area (Å²) in [5.41, 5.74) is 1.70. The van der Waals surface area contributed by atoms with Crippen molar-refractivity contribution in [2.75, 3.05) is 4.72 Å². The number of benzene rings is 3. The molecule has 0 amide bonds. The van der Waals surface area contributed by atoms with E-state index in [-0.39, 0.29) is 4.90 Å². The van der Waals surface area contributed by atoms with Crippen LogP contribution in [0.1, 0.15) is 12.5 Å². The fourth-order valence-corrected chi connectivity index (χ4v) is 3.39. The number of ether oxygens (including phenoxy) is 1. The van der Waals surface area contributed by atoms with E-state index < -0.39 is 10.0 Å². The van der Waals surface area contributed by atoms with Gasteiger partial charge in [0.25, 0.3) is 10.0 Å². The highest BCUT2D eigenvalue weighted by Gasteiger charge is 2.14. The van der Waals surface area contributed by atoms with Crippen LogP contribution in [0.2, 0.25) is 0 Å². The lowest BCUT2D eigenvalue weighted by molar-refractivity contribution is 0.482. The average Bonchev–Trinajstić information content (AvgIpc) is 2.63. The highest BCUT2D eigenvalue weighted by Crippen LogP contribution is 2.23. The molecule has 0 saturated carbocycles. The van der Waals surface area contributed by atoms with E-state index in [2.05, 4.69) is 11.6 Å². The standard InChI is InChI=1S/C20H19NO3S/c1-2-16-8-10-17(11-9-16)21-25(22,23)20-14-12-19(13-15-20)24-18-6-4-3-5-7-18/h3-15,21H,2H2,1H3. The first-order valence-electron chi connectivity index (χ1n) is 8.01. The van der Waals surface area contributed by atoms with E-state index in [9.17, 15) is 8.42 Å². The predicted molar refractivity (Wildman–Crippen MR) is 99.6 cm³/mol. The van der Waals surface area contributed by atoms with Gasteiger partial charge in [0, 0.05) is 5.69 Å². The smallest absolute Gasteiger partial charge is 0.261 e. The molecule has 128 valence electrons. The molecule has 0 spiro atoms. The molecule has 0 bridgehead atoms. The van der Waals surface area contributed by atoms with Gasteiger partial charge in [-0.15, -0.1) is 0 Å². The number of hydrogen-bond donors (Lipinski definition) is 1. The molecule has 0 saturated heterocycles. The van der Waals surface area contributed by atoms with Crippen LogP contribution in [0, 0.1) is 0 Å². The largest absolute Gasteiger partial charge is 0.457 e. The monoisotopic (exact) mass is 353 g/mol. The molecule has 0 atom stereocenters. The SMILES string of the molecule is CCc1ccc(NS(=O)(=O)c2ccc(Oc3ccccc3)cc2)cc1. The third-order valence-electron chi connectivity index (χ3n) is 3.73. The van der Waals surface area contributed by atoms with E-state index >= 15 is 0 Å². The molecule has 1 N–H and O–H groups in total. The van der Waals surface area contributed by atoms with Gasteiger partial charge in [-0.3, -0.25) is 4.72 Å². The minimum atomic E-state index is -3.63. The molecular weight excluding hydrogens is 334 g/mol. The molecule has 3 aromatic rings. The number of hydrogen-bond acceptors (Lipinski definition) is 3. The second-order valence-electron chi connectivity index (χ2n) is 5.54. The van der Waals surface area contributed by atoms with Crippen LogP contribution in [0.25, 0.3) is 0 Å². The maximum Gasteiger partial charge on any atom is 0.261 e. The Morgan fingerprint density at radius 1 is 0.800 bits per heavy atom. The maximum atomic E-state index is 12.5. The van der Waals surface area contributed by atoms with E-state index in [0.29, 0.717) is 17.2 Å². The summed E-state index contributed by atoms with van der Waals surface area (Å²) in [5.74, 6) is 1.28. The van der Waals surface area contributed by atoms with Crippen LogP contribution in [-0.2, 0) is 16.4 Å². The van der Waals surface area contributed by atoms with Crippen LogP contribution in [0.5, 0.6) is 11.5 Å². The number of nitrogens with one attached hydrogen (secondary N) is 1. The van der Waals surface area contributed by atoms with E-state index in [1.807, 2.05) is 42.5 Å². The molecule has 0 aliphatic heterocycles. The van der Waals surface area contributed by atoms with E-state index in [1.54, 1.807) is 24.3 Å². The van der Waals surface area contributed by atoms with E-state index in [4.69, 9.17) is 4.74 Å². The van der Waals surface area contributed by atoms with Crippen molar-refractivity contribution in [2.45, 2.75) is 18.2 Å². The van der Waals surface area contributed by atoms with Crippen molar-refractivity contribution < 1.29 is 13.2 Å². The highest BCUT2D eigenvalue weighted by atomic mass is 32.2. The van der Waals surface area contributed by atoms with Crippen LogP contribution in [0.3, 0.4) is 0 Å². The Kier molecular flexibility index (Phi) is 5.05. The van der Waals surface area contributed by atoms with Gasteiger partial charge >= 0.3 is 0 Å². The first-order valence-corrected chi connectivity index (χ1v) is 9.50. The number of aryl methyl sites for hydroxylation is 1. The lowest BCUT2D eigenvalue weighted by Gasteiger charge is -2.10. The quantitative estimate of drug-likeness (QED) is 0.690. The number of anilines is 1. The van der Waals surface area contributed by atoms with Crippen molar-refractivity contribution in [3.05, 3.63) is 84.4 Å². The van der Waals surface area contributed by atoms with Crippen molar-refractivity contribution in [3.63, 3.8) is 0 Å². The van der Waals surface area contributed by atoms with Crippen LogP contribution in [0.4, 0.5) is 5.69 Å². The Balaban J connectivity index is 1.73. The van der Waals surface area contributed by atoms with Crippen molar-refractivity contribution in [1.82, 2.24) is 0 Å². The lowest BCUT2D eigenvalue weighted by atomic mass is 10.2. The first kappa shape index (κ1) is 17.0. The number of rotatable bonds is 6. The van der Waals surface area contributed by atoms with Crippen molar-refractivity contribution in [1.29, 1.82) is 0 Å². The highest BCUT2D eigenvalue weighted by molar-refractivity contribution is 7.92. The zero-order valence-corrected chi connectivity index (χ0v) is 14.7. The molecular formula is C20H19NO3S. The molecule has 3 aromatic carbocycles. The van der Waals surface area contributed by atoms with Crippen LogP contribution in [0.15, 0.2) is 83.8 Å². The third kappa shape index (κ3) is 4.39. The molecule has 0 fully saturated rings. The molecule has 0 heterocycles. The van der Waals surface area contributed by atoms with Gasteiger partial charge in [0.05, 0.1) is 4.90 Å². The summed E-state index contributed by atoms with van der Waals surface area (Å²) in [7, 11) is -3.63. The van der Waals surface area contributed by atoms with Crippen molar-refractivity contribution in [3.8, 4) is 11.5 Å². The van der Waals surface area contributed by atoms with Gasteiger partial charge in [0.2, 0.25) is 0 Å². The van der Waals surface area contributed by atoms with Gasteiger partial charge in [-0.2, -0.15) is 0 Å².